The summed E-state index contributed by atoms with van der Waals surface area (Å²) in [5.41, 5.74) is 3.51. The van der Waals surface area contributed by atoms with E-state index in [1.54, 1.807) is 12.3 Å². The van der Waals surface area contributed by atoms with Crippen molar-refractivity contribution in [2.24, 2.45) is 0 Å². The third-order valence-electron chi connectivity index (χ3n) is 4.33. The second-order valence-corrected chi connectivity index (χ2v) is 7.27. The molecule has 0 unspecified atom stereocenters. The van der Waals surface area contributed by atoms with Crippen LogP contribution in [0.1, 0.15) is 11.1 Å². The number of nitrogens with zero attached hydrogens (tertiary/aromatic N) is 2. The van der Waals surface area contributed by atoms with Crippen molar-refractivity contribution in [3.63, 3.8) is 0 Å². The number of hydrogen-bond donors (Lipinski definition) is 3. The number of nitrogens with one attached hydrogen (secondary N) is 3. The van der Waals surface area contributed by atoms with Gasteiger partial charge in [0.2, 0.25) is 11.9 Å². The lowest BCUT2D eigenvalue weighted by atomic mass is 10.1. The topological polar surface area (TPSA) is 78.9 Å². The van der Waals surface area contributed by atoms with Gasteiger partial charge in [0.05, 0.1) is 10.9 Å². The van der Waals surface area contributed by atoms with Gasteiger partial charge in [-0.1, -0.05) is 12.1 Å². The van der Waals surface area contributed by atoms with Gasteiger partial charge in [-0.25, -0.2) is 9.37 Å². The first kappa shape index (κ1) is 18.4. The molecule has 0 radical (unpaired) electrons. The average molecular weight is 442 g/mol. The minimum Gasteiger partial charge on any atom is -0.369 e. The largest absolute Gasteiger partial charge is 0.369 e. The highest BCUT2D eigenvalue weighted by atomic mass is 79.9. The summed E-state index contributed by atoms with van der Waals surface area (Å²) >= 11 is 3.44. The first-order valence-electron chi connectivity index (χ1n) is 8.77. The molecule has 0 bridgehead atoms. The van der Waals surface area contributed by atoms with Crippen molar-refractivity contribution >= 4 is 45.0 Å². The van der Waals surface area contributed by atoms with E-state index < -0.39 is 0 Å². The number of carbonyl (C=O) groups is 1. The van der Waals surface area contributed by atoms with Crippen molar-refractivity contribution in [1.29, 1.82) is 0 Å². The first-order chi connectivity index (χ1) is 13.6. The minimum atomic E-state index is -0.238. The van der Waals surface area contributed by atoms with E-state index in [-0.39, 0.29) is 11.7 Å². The summed E-state index contributed by atoms with van der Waals surface area (Å²) in [6.07, 6.45) is 2.71. The highest BCUT2D eigenvalue weighted by Gasteiger charge is 2.17. The molecule has 8 heteroatoms. The third kappa shape index (κ3) is 4.28. The van der Waals surface area contributed by atoms with E-state index in [4.69, 9.17) is 0 Å². The SMILES string of the molecule is O=C1Cc2cc(Nc3ncc(Br)c(NCCc4cccc(F)c4)n3)ccc2N1. The predicted octanol–water partition coefficient (Wildman–Crippen LogP) is 4.27. The number of benzene rings is 2. The summed E-state index contributed by atoms with van der Waals surface area (Å²) in [5.74, 6) is 0.843. The van der Waals surface area contributed by atoms with Gasteiger partial charge in [-0.05, 0) is 63.8 Å². The van der Waals surface area contributed by atoms with E-state index in [0.717, 1.165) is 27.0 Å². The van der Waals surface area contributed by atoms with Crippen molar-refractivity contribution in [1.82, 2.24) is 9.97 Å². The molecular formula is C20H17BrFN5O. The fourth-order valence-electron chi connectivity index (χ4n) is 3.01. The van der Waals surface area contributed by atoms with Crippen molar-refractivity contribution in [3.8, 4) is 0 Å². The molecule has 0 atom stereocenters. The number of carbonyl (C=O) groups excluding carboxylic acids is 1. The number of anilines is 4. The highest BCUT2D eigenvalue weighted by molar-refractivity contribution is 9.10. The van der Waals surface area contributed by atoms with Crippen molar-refractivity contribution in [2.75, 3.05) is 22.5 Å². The molecule has 3 N–H and O–H groups in total. The quantitative estimate of drug-likeness (QED) is 0.532. The molecule has 6 nitrogen and oxygen atoms in total. The van der Waals surface area contributed by atoms with Crippen LogP contribution in [-0.2, 0) is 17.6 Å². The zero-order valence-corrected chi connectivity index (χ0v) is 16.4. The van der Waals surface area contributed by atoms with Gasteiger partial charge in [0, 0.05) is 24.1 Å². The number of amides is 1. The van der Waals surface area contributed by atoms with Crippen LogP contribution in [0.4, 0.5) is 27.5 Å². The van der Waals surface area contributed by atoms with Crippen LogP contribution >= 0.6 is 15.9 Å². The van der Waals surface area contributed by atoms with Crippen LogP contribution in [-0.4, -0.2) is 22.4 Å². The van der Waals surface area contributed by atoms with Crippen LogP contribution in [0, 0.1) is 5.82 Å². The number of hydrogen-bond acceptors (Lipinski definition) is 5. The van der Waals surface area contributed by atoms with Gasteiger partial charge < -0.3 is 16.0 Å². The number of aromatic nitrogens is 2. The van der Waals surface area contributed by atoms with Gasteiger partial charge in [0.1, 0.15) is 11.6 Å². The summed E-state index contributed by atoms with van der Waals surface area (Å²) in [4.78, 5) is 20.3. The summed E-state index contributed by atoms with van der Waals surface area (Å²) in [6, 6.07) is 12.2. The molecule has 0 aliphatic carbocycles. The Morgan fingerprint density at radius 2 is 2.11 bits per heavy atom. The molecule has 142 valence electrons. The standard InChI is InChI=1S/C20H17BrFN5O/c21-16-11-24-20(25-15-4-5-17-13(9-15)10-18(28)26-17)27-19(16)23-7-6-12-2-1-3-14(22)8-12/h1-5,8-9,11H,6-7,10H2,(H,26,28)(H2,23,24,25,27). The molecule has 2 aromatic carbocycles. The molecule has 1 aliphatic rings. The zero-order chi connectivity index (χ0) is 19.5. The Bertz CT molecular complexity index is 1040. The van der Waals surface area contributed by atoms with Crippen molar-refractivity contribution in [2.45, 2.75) is 12.8 Å². The summed E-state index contributed by atoms with van der Waals surface area (Å²) in [6.45, 7) is 0.602. The van der Waals surface area contributed by atoms with Crippen LogP contribution in [0.15, 0.2) is 53.1 Å². The fourth-order valence-corrected chi connectivity index (χ4v) is 3.34. The normalized spacial score (nSPS) is 12.4. The van der Waals surface area contributed by atoms with E-state index in [1.807, 2.05) is 24.3 Å². The second kappa shape index (κ2) is 7.93. The molecule has 0 saturated carbocycles. The Hall–Kier alpha value is -3.00. The molecule has 1 amide bonds. The van der Waals surface area contributed by atoms with Gasteiger partial charge in [-0.3, -0.25) is 4.79 Å². The molecule has 2 heterocycles. The highest BCUT2D eigenvalue weighted by Crippen LogP contribution is 2.28. The number of rotatable bonds is 6. The maximum atomic E-state index is 13.3. The van der Waals surface area contributed by atoms with Crippen LogP contribution in [0.5, 0.6) is 0 Å². The van der Waals surface area contributed by atoms with Gasteiger partial charge in [0.15, 0.2) is 0 Å². The molecule has 1 aliphatic heterocycles. The Labute approximate surface area is 169 Å². The van der Waals surface area contributed by atoms with Crippen LogP contribution < -0.4 is 16.0 Å². The van der Waals surface area contributed by atoms with E-state index >= 15 is 0 Å². The number of fused-ring (bicyclic) bond motifs is 1. The van der Waals surface area contributed by atoms with Crippen molar-refractivity contribution in [3.05, 3.63) is 70.1 Å². The maximum absolute atomic E-state index is 13.3. The molecule has 28 heavy (non-hydrogen) atoms. The van der Waals surface area contributed by atoms with Crippen LogP contribution in [0.3, 0.4) is 0 Å². The molecule has 0 spiro atoms. The first-order valence-corrected chi connectivity index (χ1v) is 9.57. The zero-order valence-electron chi connectivity index (χ0n) is 14.8. The van der Waals surface area contributed by atoms with E-state index in [9.17, 15) is 9.18 Å². The predicted molar refractivity (Wildman–Crippen MR) is 110 cm³/mol. The number of halogens is 2. The molecule has 1 aromatic heterocycles. The lowest BCUT2D eigenvalue weighted by Gasteiger charge is -2.11. The third-order valence-corrected chi connectivity index (χ3v) is 4.91. The smallest absolute Gasteiger partial charge is 0.229 e. The monoisotopic (exact) mass is 441 g/mol. The van der Waals surface area contributed by atoms with Crippen LogP contribution in [0.25, 0.3) is 0 Å². The van der Waals surface area contributed by atoms with Gasteiger partial charge in [-0.15, -0.1) is 0 Å². The van der Waals surface area contributed by atoms with Gasteiger partial charge in [0.25, 0.3) is 0 Å². The van der Waals surface area contributed by atoms with E-state index in [1.165, 1.54) is 12.1 Å². The summed E-state index contributed by atoms with van der Waals surface area (Å²) in [5, 5.41) is 9.21. The van der Waals surface area contributed by atoms with E-state index in [2.05, 4.69) is 41.8 Å². The van der Waals surface area contributed by atoms with Crippen LogP contribution in [0.2, 0.25) is 0 Å². The maximum Gasteiger partial charge on any atom is 0.229 e. The fraction of sp³-hybridized carbons (Fsp3) is 0.150. The Balaban J connectivity index is 1.42. The molecule has 3 aromatic rings. The summed E-state index contributed by atoms with van der Waals surface area (Å²) < 4.78 is 14.0. The average Bonchev–Trinajstić information content (AvgIpc) is 3.04. The van der Waals surface area contributed by atoms with Gasteiger partial charge >= 0.3 is 0 Å². The van der Waals surface area contributed by atoms with Gasteiger partial charge in [-0.2, -0.15) is 4.98 Å². The Morgan fingerprint density at radius 1 is 1.21 bits per heavy atom. The lowest BCUT2D eigenvalue weighted by Crippen LogP contribution is -2.09. The van der Waals surface area contributed by atoms with Crippen molar-refractivity contribution < 1.29 is 9.18 Å². The molecule has 0 saturated heterocycles. The molecular weight excluding hydrogens is 425 g/mol. The lowest BCUT2D eigenvalue weighted by molar-refractivity contribution is -0.115. The minimum absolute atomic E-state index is 0.00294. The Morgan fingerprint density at radius 3 is 2.96 bits per heavy atom. The molecule has 0 fully saturated rings. The Kier molecular flexibility index (Phi) is 5.21. The molecule has 4 rings (SSSR count). The van der Waals surface area contributed by atoms with E-state index in [0.29, 0.717) is 31.2 Å². The summed E-state index contributed by atoms with van der Waals surface area (Å²) in [7, 11) is 0. The second-order valence-electron chi connectivity index (χ2n) is 6.42.